The van der Waals surface area contributed by atoms with Crippen LogP contribution in [0.2, 0.25) is 0 Å². The van der Waals surface area contributed by atoms with Gasteiger partial charge in [0.2, 0.25) is 0 Å². The summed E-state index contributed by atoms with van der Waals surface area (Å²) in [5.74, 6) is 1.74. The van der Waals surface area contributed by atoms with Gasteiger partial charge in [0, 0.05) is 31.4 Å². The fourth-order valence-electron chi connectivity index (χ4n) is 2.66. The van der Waals surface area contributed by atoms with Gasteiger partial charge in [-0.1, -0.05) is 45.0 Å². The zero-order valence-corrected chi connectivity index (χ0v) is 13.6. The summed E-state index contributed by atoms with van der Waals surface area (Å²) in [6.45, 7) is 7.69. The number of hydrogen-bond donors (Lipinski definition) is 1. The largest absolute Gasteiger partial charge is 0.335 e. The number of nitrogens with one attached hydrogen (secondary N) is 1. The van der Waals surface area contributed by atoms with Crippen LogP contribution in [-0.2, 0) is 13.0 Å². The molecule has 0 bridgehead atoms. The third-order valence-corrected chi connectivity index (χ3v) is 4.01. The Labute approximate surface area is 128 Å². The Morgan fingerprint density at radius 2 is 1.81 bits per heavy atom. The highest BCUT2D eigenvalue weighted by Crippen LogP contribution is 2.21. The minimum atomic E-state index is 0.309. The van der Waals surface area contributed by atoms with E-state index in [1.165, 1.54) is 11.1 Å². The number of likely N-dealkylation sites (N-methyl/N-ethyl adjacent to an activating group) is 1. The first-order valence-corrected chi connectivity index (χ1v) is 7.92. The molecule has 114 valence electrons. The number of benzene rings is 1. The molecule has 2 aromatic rings. The molecular formula is C18H27N3. The van der Waals surface area contributed by atoms with Gasteiger partial charge in [-0.05, 0) is 30.5 Å². The second kappa shape index (κ2) is 7.41. The number of imidazole rings is 1. The van der Waals surface area contributed by atoms with E-state index in [-0.39, 0.29) is 0 Å². The third kappa shape index (κ3) is 3.94. The Morgan fingerprint density at radius 1 is 1.14 bits per heavy atom. The lowest BCUT2D eigenvalue weighted by molar-refractivity contribution is 0.543. The van der Waals surface area contributed by atoms with Crippen LogP contribution in [0.15, 0.2) is 36.7 Å². The Morgan fingerprint density at radius 3 is 2.38 bits per heavy atom. The maximum absolute atomic E-state index is 4.52. The van der Waals surface area contributed by atoms with Crippen LogP contribution in [0.4, 0.5) is 0 Å². The molecule has 1 N–H and O–H groups in total. The first-order chi connectivity index (χ1) is 10.2. The molecule has 0 aliphatic carbocycles. The summed E-state index contributed by atoms with van der Waals surface area (Å²) < 4.78 is 2.26. The highest BCUT2D eigenvalue weighted by Gasteiger charge is 2.13. The fraction of sp³-hybridized carbons (Fsp3) is 0.500. The molecule has 2 rings (SSSR count). The van der Waals surface area contributed by atoms with E-state index in [0.29, 0.717) is 12.0 Å². The van der Waals surface area contributed by atoms with Crippen molar-refractivity contribution in [2.24, 2.45) is 0 Å². The van der Waals surface area contributed by atoms with E-state index < -0.39 is 0 Å². The Kier molecular flexibility index (Phi) is 5.57. The van der Waals surface area contributed by atoms with Gasteiger partial charge >= 0.3 is 0 Å². The average molecular weight is 285 g/mol. The van der Waals surface area contributed by atoms with E-state index in [1.54, 1.807) is 0 Å². The van der Waals surface area contributed by atoms with Gasteiger partial charge in [0.25, 0.3) is 0 Å². The minimum absolute atomic E-state index is 0.309. The van der Waals surface area contributed by atoms with Gasteiger partial charge < -0.3 is 9.88 Å². The predicted molar refractivity (Wildman–Crippen MR) is 88.6 cm³/mol. The van der Waals surface area contributed by atoms with E-state index in [9.17, 15) is 0 Å². The van der Waals surface area contributed by atoms with Crippen molar-refractivity contribution in [1.82, 2.24) is 14.9 Å². The summed E-state index contributed by atoms with van der Waals surface area (Å²) in [5, 5.41) is 3.42. The van der Waals surface area contributed by atoms with Crippen molar-refractivity contribution in [1.29, 1.82) is 0 Å². The van der Waals surface area contributed by atoms with Gasteiger partial charge in [-0.3, -0.25) is 0 Å². The smallest absolute Gasteiger partial charge is 0.110 e. The normalized spacial score (nSPS) is 12.8. The van der Waals surface area contributed by atoms with Crippen molar-refractivity contribution in [3.8, 4) is 0 Å². The first kappa shape index (κ1) is 15.8. The zero-order chi connectivity index (χ0) is 15.2. The molecule has 3 nitrogen and oxygen atoms in total. The van der Waals surface area contributed by atoms with Crippen molar-refractivity contribution in [3.63, 3.8) is 0 Å². The van der Waals surface area contributed by atoms with Gasteiger partial charge in [0.1, 0.15) is 5.82 Å². The van der Waals surface area contributed by atoms with Crippen molar-refractivity contribution < 1.29 is 0 Å². The van der Waals surface area contributed by atoms with E-state index in [4.69, 9.17) is 0 Å². The molecule has 0 saturated carbocycles. The van der Waals surface area contributed by atoms with E-state index in [1.807, 2.05) is 13.2 Å². The number of rotatable bonds is 7. The van der Waals surface area contributed by atoms with Gasteiger partial charge in [-0.25, -0.2) is 4.98 Å². The summed E-state index contributed by atoms with van der Waals surface area (Å²) in [6, 6.07) is 9.27. The Bertz CT molecular complexity index is 540. The van der Waals surface area contributed by atoms with E-state index in [2.05, 4.69) is 66.1 Å². The van der Waals surface area contributed by atoms with Gasteiger partial charge in [0.15, 0.2) is 0 Å². The monoisotopic (exact) mass is 285 g/mol. The molecular weight excluding hydrogens is 258 g/mol. The minimum Gasteiger partial charge on any atom is -0.335 e. The molecule has 21 heavy (non-hydrogen) atoms. The van der Waals surface area contributed by atoms with Gasteiger partial charge in [-0.2, -0.15) is 0 Å². The molecule has 1 aromatic heterocycles. The number of aryl methyl sites for hydroxylation is 1. The van der Waals surface area contributed by atoms with E-state index in [0.717, 1.165) is 25.2 Å². The Hall–Kier alpha value is -1.61. The summed E-state index contributed by atoms with van der Waals surface area (Å²) in [5.41, 5.74) is 2.72. The molecule has 0 spiro atoms. The van der Waals surface area contributed by atoms with Crippen molar-refractivity contribution in [2.45, 2.75) is 52.1 Å². The lowest BCUT2D eigenvalue weighted by Crippen LogP contribution is -2.21. The second-order valence-electron chi connectivity index (χ2n) is 5.90. The van der Waals surface area contributed by atoms with Crippen LogP contribution in [-0.4, -0.2) is 16.6 Å². The quantitative estimate of drug-likeness (QED) is 0.835. The topological polar surface area (TPSA) is 29.9 Å². The van der Waals surface area contributed by atoms with Crippen molar-refractivity contribution >= 4 is 0 Å². The van der Waals surface area contributed by atoms with Crippen molar-refractivity contribution in [3.05, 3.63) is 53.6 Å². The number of aromatic nitrogens is 2. The van der Waals surface area contributed by atoms with Crippen LogP contribution in [0, 0.1) is 0 Å². The standard InChI is InChI=1S/C18H27N3/c1-5-11-21-12-10-20-18(21)13-17(19-4)16-8-6-15(7-9-16)14(2)3/h6-10,12,14,17,19H,5,11,13H2,1-4H3. The SMILES string of the molecule is CCCn1ccnc1CC(NC)c1ccc(C(C)C)cc1. The predicted octanol–water partition coefficient (Wildman–Crippen LogP) is 3.92. The molecule has 1 atom stereocenters. The molecule has 3 heteroatoms. The maximum Gasteiger partial charge on any atom is 0.110 e. The van der Waals surface area contributed by atoms with Gasteiger partial charge in [0.05, 0.1) is 0 Å². The summed E-state index contributed by atoms with van der Waals surface area (Å²) in [6.07, 6.45) is 6.04. The number of hydrogen-bond acceptors (Lipinski definition) is 2. The average Bonchev–Trinajstić information content (AvgIpc) is 2.92. The molecule has 0 fully saturated rings. The van der Waals surface area contributed by atoms with Crippen LogP contribution >= 0.6 is 0 Å². The lowest BCUT2D eigenvalue weighted by Gasteiger charge is -2.18. The highest BCUT2D eigenvalue weighted by atomic mass is 15.1. The third-order valence-electron chi connectivity index (χ3n) is 4.01. The molecule has 1 aromatic carbocycles. The first-order valence-electron chi connectivity index (χ1n) is 7.92. The highest BCUT2D eigenvalue weighted by molar-refractivity contribution is 5.27. The van der Waals surface area contributed by atoms with Crippen LogP contribution in [0.1, 0.15) is 56.1 Å². The summed E-state index contributed by atoms with van der Waals surface area (Å²) in [7, 11) is 2.02. The summed E-state index contributed by atoms with van der Waals surface area (Å²) in [4.78, 5) is 4.52. The molecule has 0 aliphatic heterocycles. The molecule has 1 unspecified atom stereocenters. The fourth-order valence-corrected chi connectivity index (χ4v) is 2.66. The molecule has 0 amide bonds. The molecule has 1 heterocycles. The molecule has 0 radical (unpaired) electrons. The van der Waals surface area contributed by atoms with Crippen LogP contribution in [0.3, 0.4) is 0 Å². The summed E-state index contributed by atoms with van der Waals surface area (Å²) >= 11 is 0. The maximum atomic E-state index is 4.52. The molecule has 0 saturated heterocycles. The second-order valence-corrected chi connectivity index (χ2v) is 5.90. The van der Waals surface area contributed by atoms with Crippen LogP contribution < -0.4 is 5.32 Å². The van der Waals surface area contributed by atoms with Crippen LogP contribution in [0.25, 0.3) is 0 Å². The zero-order valence-electron chi connectivity index (χ0n) is 13.6. The molecule has 0 aliphatic rings. The number of nitrogens with zero attached hydrogens (tertiary/aromatic N) is 2. The van der Waals surface area contributed by atoms with Crippen LogP contribution in [0.5, 0.6) is 0 Å². The van der Waals surface area contributed by atoms with Crippen molar-refractivity contribution in [2.75, 3.05) is 7.05 Å². The van der Waals surface area contributed by atoms with Gasteiger partial charge in [-0.15, -0.1) is 0 Å². The Balaban J connectivity index is 2.13. The van der Waals surface area contributed by atoms with E-state index >= 15 is 0 Å². The lowest BCUT2D eigenvalue weighted by atomic mass is 9.97.